The van der Waals surface area contributed by atoms with Gasteiger partial charge in [0.05, 0.1) is 25.5 Å². The molecular weight excluding hydrogens is 940 g/mol. The van der Waals surface area contributed by atoms with Crippen LogP contribution in [0.4, 0.5) is 4.39 Å². The molecule has 0 aliphatic carbocycles. The second-order valence-electron chi connectivity index (χ2n) is 17.8. The van der Waals surface area contributed by atoms with Crippen LogP contribution >= 0.6 is 0 Å². The van der Waals surface area contributed by atoms with Crippen molar-refractivity contribution < 1.29 is 77.2 Å². The Bertz CT molecular complexity index is 2090. The zero-order chi connectivity index (χ0) is 54.4. The first kappa shape index (κ1) is 61.8. The molecule has 0 aromatic heterocycles. The van der Waals surface area contributed by atoms with E-state index < -0.39 is 162 Å². The molecule has 10 atom stereocenters. The third-order valence-corrected chi connectivity index (χ3v) is 10.7. The number of aliphatic hydroxyl groups excluding tert-OH is 1. The van der Waals surface area contributed by atoms with Crippen molar-refractivity contribution in [1.82, 2.24) is 47.9 Å². The van der Waals surface area contributed by atoms with Crippen molar-refractivity contribution in [3.05, 3.63) is 35.6 Å². The van der Waals surface area contributed by atoms with Crippen LogP contribution in [0.2, 0.25) is 0 Å². The molecule has 0 saturated heterocycles. The van der Waals surface area contributed by atoms with Gasteiger partial charge in [-0.15, -0.1) is 0 Å². The molecule has 10 amide bonds. The normalized spacial score (nSPS) is 15.3. The van der Waals surface area contributed by atoms with E-state index in [4.69, 9.17) is 5.73 Å². The largest absolute Gasteiger partial charge is 0.481 e. The van der Waals surface area contributed by atoms with Gasteiger partial charge in [-0.25, -0.2) is 9.18 Å². The molecular formula is C45H69FN10O15. The van der Waals surface area contributed by atoms with E-state index in [1.807, 2.05) is 0 Å². The van der Waals surface area contributed by atoms with E-state index in [2.05, 4.69) is 47.9 Å². The number of amides is 10. The van der Waals surface area contributed by atoms with Crippen molar-refractivity contribution in [3.63, 3.8) is 0 Å². The number of carboxylic acids is 2. The van der Waals surface area contributed by atoms with Gasteiger partial charge >= 0.3 is 11.9 Å². The lowest BCUT2D eigenvalue weighted by Crippen LogP contribution is -2.62. The predicted molar refractivity (Wildman–Crippen MR) is 249 cm³/mol. The van der Waals surface area contributed by atoms with Crippen LogP contribution in [0.5, 0.6) is 0 Å². The fraction of sp³-hybridized carbons (Fsp3) is 0.600. The van der Waals surface area contributed by atoms with Gasteiger partial charge in [0.2, 0.25) is 59.1 Å². The molecule has 0 aliphatic heterocycles. The standard InChI is InChI=1S/C45H69FN10O15/c1-10-22(6)36(43(68)52-29(17-32(47)59)40(65)51-30(18-34(61)62)41(66)53-31(45(70)71)15-20(2)3)56-42(67)35(21(4)5)55-44(69)37(24(8)57)54-33(60)19-48-38(63)23(7)49-39(64)28(50-25(9)58)16-26-11-13-27(46)14-12-26/h11-14,20-24,28-31,35-37,57H,10,15-19H2,1-9H3,(H2,47,59)(H,48,63)(H,49,64)(H,50,58)(H,51,65)(H,52,68)(H,53,66)(H,54,60)(H,55,69)(H,56,67)(H,61,62)(H,70,71)/t22-,23-,24+,28-,29-,30-,31-,35-,36-,37-/m0/s1. The Labute approximate surface area is 409 Å². The highest BCUT2D eigenvalue weighted by molar-refractivity contribution is 5.99. The third-order valence-electron chi connectivity index (χ3n) is 10.7. The predicted octanol–water partition coefficient (Wildman–Crippen LogP) is -3.03. The second kappa shape index (κ2) is 29.7. The van der Waals surface area contributed by atoms with Crippen molar-refractivity contribution in [2.75, 3.05) is 6.54 Å². The first-order chi connectivity index (χ1) is 33.0. The van der Waals surface area contributed by atoms with Crippen molar-refractivity contribution in [2.45, 2.75) is 149 Å². The zero-order valence-electron chi connectivity index (χ0n) is 41.2. The van der Waals surface area contributed by atoms with Gasteiger partial charge in [0.1, 0.15) is 54.2 Å². The SMILES string of the molecule is CC[C@H](C)[C@H](NC(=O)[C@@H](NC(=O)[C@@H](NC(=O)CNC(=O)[C@H](C)NC(=O)[C@H](Cc1ccc(F)cc1)NC(C)=O)[C@@H](C)O)C(C)C)C(=O)N[C@@H](CC(N)=O)C(=O)N[C@@H](CC(=O)O)C(=O)N[C@@H](CC(C)C)C(=O)O. The summed E-state index contributed by atoms with van der Waals surface area (Å²) in [4.78, 5) is 154. The van der Waals surface area contributed by atoms with Gasteiger partial charge in [0, 0.05) is 13.3 Å². The second-order valence-corrected chi connectivity index (χ2v) is 17.8. The number of halogens is 1. The molecule has 71 heavy (non-hydrogen) atoms. The zero-order valence-corrected chi connectivity index (χ0v) is 41.2. The highest BCUT2D eigenvalue weighted by atomic mass is 19.1. The van der Waals surface area contributed by atoms with Gasteiger partial charge in [-0.3, -0.25) is 52.7 Å². The average Bonchev–Trinajstić information content (AvgIpc) is 3.26. The number of hydrogen-bond donors (Lipinski definition) is 13. The lowest BCUT2D eigenvalue weighted by molar-refractivity contribution is -0.144. The number of aliphatic carboxylic acids is 2. The molecule has 26 heteroatoms. The summed E-state index contributed by atoms with van der Waals surface area (Å²) in [5.74, 6) is -14.9. The van der Waals surface area contributed by atoms with Gasteiger partial charge in [0.25, 0.3) is 0 Å². The lowest BCUT2D eigenvalue weighted by atomic mass is 9.95. The van der Waals surface area contributed by atoms with E-state index in [0.717, 1.165) is 6.92 Å². The topological polar surface area (TPSA) is 400 Å². The summed E-state index contributed by atoms with van der Waals surface area (Å²) >= 11 is 0. The van der Waals surface area contributed by atoms with Crippen LogP contribution in [0.1, 0.15) is 93.6 Å². The fourth-order valence-electron chi connectivity index (χ4n) is 6.66. The molecule has 0 fully saturated rings. The molecule has 396 valence electrons. The lowest BCUT2D eigenvalue weighted by Gasteiger charge is -2.30. The Balaban J connectivity index is 3.15. The number of nitrogens with two attached hydrogens (primary N) is 1. The number of nitrogens with one attached hydrogen (secondary N) is 9. The van der Waals surface area contributed by atoms with Crippen LogP contribution in [0.15, 0.2) is 24.3 Å². The van der Waals surface area contributed by atoms with Crippen LogP contribution < -0.4 is 53.6 Å². The number of benzene rings is 1. The third kappa shape index (κ3) is 22.4. The Morgan fingerprint density at radius 2 is 1.08 bits per heavy atom. The van der Waals surface area contributed by atoms with Gasteiger partial charge in [0.15, 0.2) is 0 Å². The van der Waals surface area contributed by atoms with Crippen molar-refractivity contribution in [2.24, 2.45) is 23.5 Å². The van der Waals surface area contributed by atoms with Crippen LogP contribution in [0.25, 0.3) is 0 Å². The molecule has 1 rings (SSSR count). The Hall–Kier alpha value is -7.25. The molecule has 14 N–H and O–H groups in total. The van der Waals surface area contributed by atoms with Crippen LogP contribution in [-0.4, -0.2) is 147 Å². The number of rotatable bonds is 30. The number of carbonyl (C=O) groups is 12. The highest BCUT2D eigenvalue weighted by Crippen LogP contribution is 2.13. The monoisotopic (exact) mass is 1010 g/mol. The number of carbonyl (C=O) groups excluding carboxylic acids is 10. The van der Waals surface area contributed by atoms with E-state index in [1.54, 1.807) is 27.7 Å². The quantitative estimate of drug-likeness (QED) is 0.0365. The first-order valence-corrected chi connectivity index (χ1v) is 22.8. The van der Waals surface area contributed by atoms with Crippen molar-refractivity contribution in [1.29, 1.82) is 0 Å². The minimum Gasteiger partial charge on any atom is -0.481 e. The summed E-state index contributed by atoms with van der Waals surface area (Å²) in [6.07, 6.45) is -3.33. The van der Waals surface area contributed by atoms with Gasteiger partial charge in [-0.2, -0.15) is 0 Å². The number of carboxylic acid groups (broad SMARTS) is 2. The maximum absolute atomic E-state index is 13.8. The summed E-state index contributed by atoms with van der Waals surface area (Å²) in [7, 11) is 0. The van der Waals surface area contributed by atoms with Crippen molar-refractivity contribution in [3.8, 4) is 0 Å². The molecule has 0 spiro atoms. The number of primary amides is 1. The minimum atomic E-state index is -1.88. The summed E-state index contributed by atoms with van der Waals surface area (Å²) in [5, 5.41) is 50.5. The van der Waals surface area contributed by atoms with Crippen LogP contribution in [0.3, 0.4) is 0 Å². The summed E-state index contributed by atoms with van der Waals surface area (Å²) in [6.45, 7) is 12.5. The Morgan fingerprint density at radius 3 is 1.56 bits per heavy atom. The molecule has 1 aromatic carbocycles. The van der Waals surface area contributed by atoms with Gasteiger partial charge in [-0.1, -0.05) is 60.1 Å². The number of aliphatic hydroxyl groups is 1. The van der Waals surface area contributed by atoms with E-state index >= 15 is 0 Å². The molecule has 0 saturated carbocycles. The molecule has 0 heterocycles. The van der Waals surface area contributed by atoms with Gasteiger partial charge < -0.3 is 68.9 Å². The van der Waals surface area contributed by atoms with Crippen molar-refractivity contribution >= 4 is 71.0 Å². The molecule has 0 radical (unpaired) electrons. The average molecular weight is 1010 g/mol. The fourth-order valence-corrected chi connectivity index (χ4v) is 6.66. The smallest absolute Gasteiger partial charge is 0.326 e. The van der Waals surface area contributed by atoms with E-state index in [0.29, 0.717) is 5.56 Å². The Kier molecular flexibility index (Phi) is 25.8. The summed E-state index contributed by atoms with van der Waals surface area (Å²) in [6, 6.07) is -7.03. The van der Waals surface area contributed by atoms with Gasteiger partial charge in [-0.05, 0) is 55.7 Å². The molecule has 0 bridgehead atoms. The van der Waals surface area contributed by atoms with E-state index in [1.165, 1.54) is 52.0 Å². The summed E-state index contributed by atoms with van der Waals surface area (Å²) < 4.78 is 13.4. The summed E-state index contributed by atoms with van der Waals surface area (Å²) in [5.41, 5.74) is 5.86. The van der Waals surface area contributed by atoms with E-state index in [9.17, 15) is 77.2 Å². The molecule has 0 aliphatic rings. The number of hydrogen-bond acceptors (Lipinski definition) is 13. The minimum absolute atomic E-state index is 0.0419. The highest BCUT2D eigenvalue weighted by Gasteiger charge is 2.37. The molecule has 1 aromatic rings. The maximum atomic E-state index is 13.8. The molecule has 0 unspecified atom stereocenters. The maximum Gasteiger partial charge on any atom is 0.326 e. The van der Waals surface area contributed by atoms with Crippen LogP contribution in [0, 0.1) is 23.6 Å². The Morgan fingerprint density at radius 1 is 0.592 bits per heavy atom. The first-order valence-electron chi connectivity index (χ1n) is 22.8. The molecule has 25 nitrogen and oxygen atoms in total. The van der Waals surface area contributed by atoms with E-state index in [-0.39, 0.29) is 25.2 Å². The van der Waals surface area contributed by atoms with Crippen LogP contribution in [-0.2, 0) is 64.0 Å².